The van der Waals surface area contributed by atoms with Crippen LogP contribution in [-0.2, 0) is 33.7 Å². The van der Waals surface area contributed by atoms with Gasteiger partial charge in [0.25, 0.3) is 8.53 Å². The number of hydrogen-bond donors (Lipinski definition) is 1. The molecule has 1 N–H and O–H groups in total. The molecular formula is C42H52N5O9P. The van der Waals surface area contributed by atoms with Crippen LogP contribution in [0.5, 0.6) is 11.5 Å². The fourth-order valence-corrected chi connectivity index (χ4v) is 8.75. The van der Waals surface area contributed by atoms with Crippen LogP contribution in [0.15, 0.2) is 95.9 Å². The van der Waals surface area contributed by atoms with Crippen molar-refractivity contribution in [1.82, 2.24) is 14.2 Å². The van der Waals surface area contributed by atoms with Gasteiger partial charge in [-0.15, -0.1) is 0 Å². The van der Waals surface area contributed by atoms with Crippen LogP contribution in [0.1, 0.15) is 64.0 Å². The third-order valence-electron chi connectivity index (χ3n) is 9.48. The van der Waals surface area contributed by atoms with E-state index in [1.807, 2.05) is 78.9 Å². The molecule has 3 aromatic carbocycles. The quantitative estimate of drug-likeness (QED) is 0.0602. The number of carbonyl (C=O) groups is 1. The topological polar surface area (TPSA) is 156 Å². The van der Waals surface area contributed by atoms with E-state index in [0.29, 0.717) is 11.5 Å². The summed E-state index contributed by atoms with van der Waals surface area (Å²) in [5, 5.41) is 11.9. The maximum atomic E-state index is 13.6. The van der Waals surface area contributed by atoms with Crippen molar-refractivity contribution in [1.29, 1.82) is 5.26 Å². The summed E-state index contributed by atoms with van der Waals surface area (Å²) in [7, 11) is 2.97. The Morgan fingerprint density at radius 1 is 0.912 bits per heavy atom. The number of hydrogen-bond acceptors (Lipinski definition) is 12. The van der Waals surface area contributed by atoms with Gasteiger partial charge in [-0.3, -0.25) is 9.36 Å². The molecule has 0 saturated carbocycles. The number of amides is 1. The second-order valence-electron chi connectivity index (χ2n) is 13.9. The molecule has 304 valence electrons. The molecule has 0 bridgehead atoms. The number of rotatable bonds is 19. The normalized spacial score (nSPS) is 18.8. The van der Waals surface area contributed by atoms with Crippen LogP contribution >= 0.6 is 8.53 Å². The molecule has 0 radical (unpaired) electrons. The van der Waals surface area contributed by atoms with E-state index in [0.717, 1.165) is 16.7 Å². The lowest BCUT2D eigenvalue weighted by Crippen LogP contribution is -2.43. The third kappa shape index (κ3) is 10.1. The Morgan fingerprint density at radius 2 is 1.49 bits per heavy atom. The van der Waals surface area contributed by atoms with Crippen LogP contribution in [0.2, 0.25) is 0 Å². The molecule has 1 aromatic heterocycles. The first-order valence-corrected chi connectivity index (χ1v) is 19.9. The van der Waals surface area contributed by atoms with Gasteiger partial charge in [0.15, 0.2) is 6.23 Å². The predicted octanol–water partition coefficient (Wildman–Crippen LogP) is 6.80. The Balaban J connectivity index is 1.65. The molecule has 0 aliphatic carbocycles. The number of nitrogens with zero attached hydrogens (tertiary/aromatic N) is 4. The molecule has 1 fully saturated rings. The Kier molecular flexibility index (Phi) is 15.3. The van der Waals surface area contributed by atoms with Crippen molar-refractivity contribution in [2.45, 2.75) is 83.3 Å². The second kappa shape index (κ2) is 20.1. The molecule has 1 saturated heterocycles. The van der Waals surface area contributed by atoms with E-state index in [4.69, 9.17) is 32.7 Å². The summed E-state index contributed by atoms with van der Waals surface area (Å²) in [4.78, 5) is 29.4. The average molecular weight is 802 g/mol. The highest BCUT2D eigenvalue weighted by atomic mass is 31.2. The van der Waals surface area contributed by atoms with Crippen LogP contribution in [0, 0.1) is 11.3 Å². The fourth-order valence-electron chi connectivity index (χ4n) is 6.98. The van der Waals surface area contributed by atoms with E-state index in [1.54, 1.807) is 14.2 Å². The molecule has 15 heteroatoms. The van der Waals surface area contributed by atoms with Gasteiger partial charge in [0.05, 0.1) is 39.9 Å². The molecule has 5 atom stereocenters. The first kappa shape index (κ1) is 43.4. The highest BCUT2D eigenvalue weighted by Crippen LogP contribution is 2.51. The summed E-state index contributed by atoms with van der Waals surface area (Å²) in [6.45, 7) is 9.63. The zero-order valence-corrected chi connectivity index (χ0v) is 34.6. The molecule has 1 unspecified atom stereocenters. The zero-order chi connectivity index (χ0) is 41.1. The number of carbonyl (C=O) groups excluding carboxylic acids is 1. The molecule has 1 aliphatic heterocycles. The van der Waals surface area contributed by atoms with Crippen LogP contribution < -0.4 is 20.5 Å². The van der Waals surface area contributed by atoms with Gasteiger partial charge >= 0.3 is 5.69 Å². The lowest BCUT2D eigenvalue weighted by atomic mass is 9.80. The van der Waals surface area contributed by atoms with E-state index in [-0.39, 0.29) is 43.4 Å². The fraction of sp³-hybridized carbons (Fsp3) is 0.429. The van der Waals surface area contributed by atoms with E-state index in [1.165, 1.54) is 30.9 Å². The smallest absolute Gasteiger partial charge is 0.351 e. The monoisotopic (exact) mass is 801 g/mol. The minimum Gasteiger partial charge on any atom is -0.497 e. The Labute approximate surface area is 335 Å². The minimum atomic E-state index is -1.79. The third-order valence-corrected chi connectivity index (χ3v) is 11.6. The summed E-state index contributed by atoms with van der Waals surface area (Å²) in [6, 6.07) is 29.0. The summed E-state index contributed by atoms with van der Waals surface area (Å²) >= 11 is 0. The lowest BCUT2D eigenvalue weighted by molar-refractivity contribution is -0.114. The number of benzene rings is 3. The van der Waals surface area contributed by atoms with Gasteiger partial charge < -0.3 is 38.0 Å². The summed E-state index contributed by atoms with van der Waals surface area (Å²) in [6.07, 6.45) is -1.90. The van der Waals surface area contributed by atoms with Gasteiger partial charge in [-0.05, 0) is 74.7 Å². The van der Waals surface area contributed by atoms with Crippen molar-refractivity contribution in [3.05, 3.63) is 118 Å². The van der Waals surface area contributed by atoms with Crippen LogP contribution in [0.4, 0.5) is 5.82 Å². The van der Waals surface area contributed by atoms with E-state index in [2.05, 4.69) is 48.7 Å². The Bertz CT molecular complexity index is 1930. The van der Waals surface area contributed by atoms with Gasteiger partial charge in [-0.1, -0.05) is 54.6 Å². The molecule has 4 aromatic rings. The van der Waals surface area contributed by atoms with E-state index < -0.39 is 44.4 Å². The van der Waals surface area contributed by atoms with Crippen LogP contribution in [0.25, 0.3) is 0 Å². The van der Waals surface area contributed by atoms with Crippen molar-refractivity contribution in [3.63, 3.8) is 0 Å². The molecule has 5 rings (SSSR count). The SMILES string of the molecule is COc1ccc(C(OC[C@H]2O[C@@H](n3ccc(NC(C)=O)nc3=O)[C@@H](OC)[C@H]2OP(OCCC#N)N(C(C)C)C(C)C)(c2ccccc2)c2ccc(OC)cc2)cc1. The van der Waals surface area contributed by atoms with E-state index >= 15 is 0 Å². The number of methoxy groups -OCH3 is 3. The maximum Gasteiger partial charge on any atom is 0.351 e. The summed E-state index contributed by atoms with van der Waals surface area (Å²) in [5.41, 5.74) is 0.622. The van der Waals surface area contributed by atoms with Gasteiger partial charge in [0.1, 0.15) is 41.2 Å². The van der Waals surface area contributed by atoms with Crippen molar-refractivity contribution in [2.24, 2.45) is 0 Å². The molecule has 14 nitrogen and oxygen atoms in total. The number of nitrogens with one attached hydrogen (secondary N) is 1. The van der Waals surface area contributed by atoms with Gasteiger partial charge in [0, 0.05) is 32.3 Å². The number of nitriles is 1. The van der Waals surface area contributed by atoms with Gasteiger partial charge in [-0.2, -0.15) is 10.2 Å². The van der Waals surface area contributed by atoms with Crippen molar-refractivity contribution < 1.29 is 37.5 Å². The average Bonchev–Trinajstić information content (AvgIpc) is 3.54. The van der Waals surface area contributed by atoms with Gasteiger partial charge in [0.2, 0.25) is 5.91 Å². The highest BCUT2D eigenvalue weighted by molar-refractivity contribution is 7.44. The van der Waals surface area contributed by atoms with Crippen LogP contribution in [-0.4, -0.2) is 85.1 Å². The van der Waals surface area contributed by atoms with Gasteiger partial charge in [-0.25, -0.2) is 9.46 Å². The molecule has 2 heterocycles. The Hall–Kier alpha value is -4.71. The van der Waals surface area contributed by atoms with Crippen molar-refractivity contribution in [3.8, 4) is 17.6 Å². The second-order valence-corrected chi connectivity index (χ2v) is 15.3. The molecule has 1 aliphatic rings. The maximum absolute atomic E-state index is 13.6. The first-order valence-electron chi connectivity index (χ1n) is 18.8. The molecule has 1 amide bonds. The zero-order valence-electron chi connectivity index (χ0n) is 33.7. The lowest BCUT2D eigenvalue weighted by Gasteiger charge is -2.39. The highest BCUT2D eigenvalue weighted by Gasteiger charge is 2.51. The summed E-state index contributed by atoms with van der Waals surface area (Å²) < 4.78 is 48.0. The van der Waals surface area contributed by atoms with Crippen LogP contribution in [0.3, 0.4) is 0 Å². The van der Waals surface area contributed by atoms with Crippen molar-refractivity contribution >= 4 is 20.3 Å². The standard InChI is InChI=1S/C42H52N5O9P/c1-28(2)47(29(3)4)57(54-26-12-24-43)56-38-36(55-40(39(38)52-8)46-25-23-37(44-30(5)48)45-41(46)49)27-53-42(31-13-10-9-11-14-31,32-15-19-34(50-6)20-16-32)33-17-21-35(51-7)22-18-33/h9-11,13-23,25,28-29,36,38-40H,12,26-27H2,1-8H3,(H,44,45,48,49)/t36-,38+,39+,40-,57?/m1/s1. The predicted molar refractivity (Wildman–Crippen MR) is 216 cm³/mol. The Morgan fingerprint density at radius 3 is 1.98 bits per heavy atom. The molecular weight excluding hydrogens is 749 g/mol. The number of ether oxygens (including phenoxy) is 5. The molecule has 57 heavy (non-hydrogen) atoms. The largest absolute Gasteiger partial charge is 0.497 e. The van der Waals surface area contributed by atoms with E-state index in [9.17, 15) is 14.9 Å². The first-order chi connectivity index (χ1) is 27.5. The molecule has 0 spiro atoms. The number of aromatic nitrogens is 2. The van der Waals surface area contributed by atoms with Crippen molar-refractivity contribution in [2.75, 3.05) is 39.9 Å². The minimum absolute atomic E-state index is 0.0102. The summed E-state index contributed by atoms with van der Waals surface area (Å²) in [5.74, 6) is 1.11. The number of anilines is 1.